The first-order valence-corrected chi connectivity index (χ1v) is 7.30. The number of piperazine rings is 1. The number of nitrogens with two attached hydrogens (primary N) is 1. The predicted octanol–water partition coefficient (Wildman–Crippen LogP) is 2.62. The van der Waals surface area contributed by atoms with Gasteiger partial charge in [-0.15, -0.1) is 0 Å². The summed E-state index contributed by atoms with van der Waals surface area (Å²) in [6.07, 6.45) is -1.18. The first-order chi connectivity index (χ1) is 10.1. The smallest absolute Gasteiger partial charge is 0.412 e. The van der Waals surface area contributed by atoms with Crippen molar-refractivity contribution >= 4 is 17.5 Å². The molecule has 116 valence electrons. The van der Waals surface area contributed by atoms with Gasteiger partial charge in [-0.25, -0.2) is 9.18 Å². The second kappa shape index (κ2) is 7.15. The zero-order chi connectivity index (χ0) is 15.2. The van der Waals surface area contributed by atoms with E-state index in [0.29, 0.717) is 38.3 Å². The second-order valence-electron chi connectivity index (χ2n) is 5.15. The Labute approximate surface area is 124 Å². The van der Waals surface area contributed by atoms with Crippen molar-refractivity contribution in [2.75, 3.05) is 36.8 Å². The highest BCUT2D eigenvalue weighted by Crippen LogP contribution is 2.19. The fraction of sp³-hybridized carbons (Fsp3) is 0.533. The predicted molar refractivity (Wildman–Crippen MR) is 80.9 cm³/mol. The van der Waals surface area contributed by atoms with Crippen LogP contribution in [0.5, 0.6) is 0 Å². The number of carbonyl (C=O) groups excluding carboxylic acids is 1. The molecule has 0 bridgehead atoms. The lowest BCUT2D eigenvalue weighted by Gasteiger charge is -2.35. The number of hydrogen-bond acceptors (Lipinski definition) is 4. The largest absolute Gasteiger partial charge is 0.415 e. The van der Waals surface area contributed by atoms with Gasteiger partial charge in [0.05, 0.1) is 0 Å². The van der Waals surface area contributed by atoms with E-state index in [0.717, 1.165) is 5.69 Å². The maximum Gasteiger partial charge on any atom is 0.412 e. The van der Waals surface area contributed by atoms with Crippen molar-refractivity contribution in [3.8, 4) is 0 Å². The van der Waals surface area contributed by atoms with E-state index in [1.54, 1.807) is 4.90 Å². The quantitative estimate of drug-likeness (QED) is 0.868. The molecule has 2 rings (SSSR count). The summed E-state index contributed by atoms with van der Waals surface area (Å²) in [5, 5.41) is 0. The number of carbonyl (C=O) groups is 1. The number of nitrogen functional groups attached to an aromatic ring is 1. The zero-order valence-electron chi connectivity index (χ0n) is 12.3. The van der Waals surface area contributed by atoms with Gasteiger partial charge in [0, 0.05) is 44.0 Å². The lowest BCUT2D eigenvalue weighted by atomic mass is 10.2. The average molecular weight is 295 g/mol. The number of ether oxygens (including phenoxy) is 1. The van der Waals surface area contributed by atoms with Crippen molar-refractivity contribution < 1.29 is 13.9 Å². The molecule has 1 aliphatic rings. The van der Waals surface area contributed by atoms with Crippen LogP contribution in [0.25, 0.3) is 0 Å². The summed E-state index contributed by atoms with van der Waals surface area (Å²) < 4.78 is 18.1. The van der Waals surface area contributed by atoms with Gasteiger partial charge in [-0.2, -0.15) is 0 Å². The molecule has 0 radical (unpaired) electrons. The van der Waals surface area contributed by atoms with Crippen LogP contribution in [-0.4, -0.2) is 43.5 Å². The average Bonchev–Trinajstić information content (AvgIpc) is 2.47. The third-order valence-corrected chi connectivity index (χ3v) is 3.52. The third-order valence-electron chi connectivity index (χ3n) is 3.52. The van der Waals surface area contributed by atoms with Crippen LogP contribution in [0.1, 0.15) is 19.8 Å². The van der Waals surface area contributed by atoms with Gasteiger partial charge in [0.2, 0.25) is 6.36 Å². The number of hydrogen-bond donors (Lipinski definition) is 1. The van der Waals surface area contributed by atoms with Gasteiger partial charge >= 0.3 is 6.09 Å². The monoisotopic (exact) mass is 295 g/mol. The van der Waals surface area contributed by atoms with Crippen LogP contribution < -0.4 is 10.6 Å². The molecule has 0 saturated carbocycles. The molecule has 0 spiro atoms. The maximum absolute atomic E-state index is 13.3. The standard InChI is InChI=1S/C15H22FN3O2/c1-2-4-14(16)21-15(20)19-9-7-18(8-10-19)13-6-3-5-12(17)11-13/h3,5-6,11,14H,2,4,7-10,17H2,1H3. The van der Waals surface area contributed by atoms with Crippen LogP contribution in [-0.2, 0) is 4.74 Å². The van der Waals surface area contributed by atoms with Gasteiger partial charge in [-0.05, 0) is 24.6 Å². The van der Waals surface area contributed by atoms with Crippen molar-refractivity contribution in [1.29, 1.82) is 0 Å². The van der Waals surface area contributed by atoms with Crippen molar-refractivity contribution in [2.45, 2.75) is 26.1 Å². The highest BCUT2D eigenvalue weighted by molar-refractivity contribution is 5.68. The molecule has 5 nitrogen and oxygen atoms in total. The summed E-state index contributed by atoms with van der Waals surface area (Å²) >= 11 is 0. The molecule has 1 unspecified atom stereocenters. The number of halogens is 1. The van der Waals surface area contributed by atoms with Gasteiger partial charge in [-0.3, -0.25) is 0 Å². The molecule has 1 atom stereocenters. The van der Waals surface area contributed by atoms with Gasteiger partial charge in [0.25, 0.3) is 0 Å². The van der Waals surface area contributed by atoms with E-state index in [-0.39, 0.29) is 6.42 Å². The SMILES string of the molecule is CCCC(F)OC(=O)N1CCN(c2cccc(N)c2)CC1. The Hall–Kier alpha value is -1.98. The van der Waals surface area contributed by atoms with E-state index < -0.39 is 12.5 Å². The Morgan fingerprint density at radius 2 is 2.10 bits per heavy atom. The summed E-state index contributed by atoms with van der Waals surface area (Å²) in [6, 6.07) is 7.64. The number of amides is 1. The fourth-order valence-electron chi connectivity index (χ4n) is 2.34. The molecular weight excluding hydrogens is 273 g/mol. The molecule has 1 fully saturated rings. The summed E-state index contributed by atoms with van der Waals surface area (Å²) in [7, 11) is 0. The van der Waals surface area contributed by atoms with Crippen LogP contribution in [0, 0.1) is 0 Å². The summed E-state index contributed by atoms with van der Waals surface area (Å²) in [5.41, 5.74) is 7.53. The van der Waals surface area contributed by atoms with Crippen molar-refractivity contribution in [3.05, 3.63) is 24.3 Å². The van der Waals surface area contributed by atoms with Crippen LogP contribution in [0.15, 0.2) is 24.3 Å². The molecular formula is C15H22FN3O2. The number of alkyl halides is 1. The number of nitrogens with zero attached hydrogens (tertiary/aromatic N) is 2. The number of anilines is 2. The lowest BCUT2D eigenvalue weighted by Crippen LogP contribution is -2.49. The maximum atomic E-state index is 13.3. The molecule has 1 amide bonds. The molecule has 0 aliphatic carbocycles. The van der Waals surface area contributed by atoms with Gasteiger partial charge in [0.1, 0.15) is 0 Å². The Kier molecular flexibility index (Phi) is 5.25. The summed E-state index contributed by atoms with van der Waals surface area (Å²) in [5.74, 6) is 0. The van der Waals surface area contributed by atoms with E-state index in [9.17, 15) is 9.18 Å². The zero-order valence-corrected chi connectivity index (χ0v) is 12.3. The molecule has 1 heterocycles. The van der Waals surface area contributed by atoms with E-state index >= 15 is 0 Å². The topological polar surface area (TPSA) is 58.8 Å². The van der Waals surface area contributed by atoms with Crippen LogP contribution in [0.2, 0.25) is 0 Å². The van der Waals surface area contributed by atoms with E-state index in [4.69, 9.17) is 10.5 Å². The minimum atomic E-state index is -1.51. The Balaban J connectivity index is 1.84. The first-order valence-electron chi connectivity index (χ1n) is 7.30. The molecule has 1 aromatic rings. The normalized spacial score (nSPS) is 16.7. The van der Waals surface area contributed by atoms with E-state index in [1.165, 1.54) is 0 Å². The highest BCUT2D eigenvalue weighted by Gasteiger charge is 2.24. The molecule has 6 heteroatoms. The second-order valence-corrected chi connectivity index (χ2v) is 5.15. The summed E-state index contributed by atoms with van der Waals surface area (Å²) in [6.45, 7) is 4.26. The lowest BCUT2D eigenvalue weighted by molar-refractivity contribution is -0.0115. The molecule has 0 aromatic heterocycles. The van der Waals surface area contributed by atoms with Crippen LogP contribution >= 0.6 is 0 Å². The fourth-order valence-corrected chi connectivity index (χ4v) is 2.34. The van der Waals surface area contributed by atoms with Crippen LogP contribution in [0.4, 0.5) is 20.6 Å². The molecule has 1 saturated heterocycles. The molecule has 1 aliphatic heterocycles. The minimum Gasteiger partial charge on any atom is -0.415 e. The number of benzene rings is 1. The molecule has 21 heavy (non-hydrogen) atoms. The first kappa shape index (κ1) is 15.4. The highest BCUT2D eigenvalue weighted by atomic mass is 19.1. The third kappa shape index (κ3) is 4.24. The Bertz CT molecular complexity index is 476. The van der Waals surface area contributed by atoms with E-state index in [2.05, 4.69) is 4.90 Å². The van der Waals surface area contributed by atoms with Crippen molar-refractivity contribution in [1.82, 2.24) is 4.90 Å². The van der Waals surface area contributed by atoms with Crippen molar-refractivity contribution in [2.24, 2.45) is 0 Å². The Morgan fingerprint density at radius 1 is 1.38 bits per heavy atom. The van der Waals surface area contributed by atoms with Gasteiger partial charge < -0.3 is 20.3 Å². The van der Waals surface area contributed by atoms with Crippen molar-refractivity contribution in [3.63, 3.8) is 0 Å². The van der Waals surface area contributed by atoms with Gasteiger partial charge in [-0.1, -0.05) is 13.0 Å². The van der Waals surface area contributed by atoms with Crippen LogP contribution in [0.3, 0.4) is 0 Å². The van der Waals surface area contributed by atoms with E-state index in [1.807, 2.05) is 31.2 Å². The molecule has 2 N–H and O–H groups in total. The minimum absolute atomic E-state index is 0.245. The molecule has 1 aromatic carbocycles. The summed E-state index contributed by atoms with van der Waals surface area (Å²) in [4.78, 5) is 15.5. The van der Waals surface area contributed by atoms with Gasteiger partial charge in [0.15, 0.2) is 0 Å². The number of rotatable bonds is 4. The Morgan fingerprint density at radius 3 is 2.71 bits per heavy atom.